The van der Waals surface area contributed by atoms with Gasteiger partial charge in [-0.3, -0.25) is 14.2 Å². The Morgan fingerprint density at radius 2 is 1.52 bits per heavy atom. The van der Waals surface area contributed by atoms with Crippen LogP contribution in [0.3, 0.4) is 0 Å². The second-order valence-corrected chi connectivity index (χ2v) is 6.19. The van der Waals surface area contributed by atoms with Crippen molar-refractivity contribution in [3.63, 3.8) is 0 Å². The topological polar surface area (TPSA) is 64.0 Å². The average Bonchev–Trinajstić information content (AvgIpc) is 2.71. The average molecular weight is 355 g/mol. The number of hydrogen-bond donors (Lipinski definition) is 1. The van der Waals surface area contributed by atoms with Gasteiger partial charge in [0.1, 0.15) is 6.54 Å². The molecule has 27 heavy (non-hydrogen) atoms. The van der Waals surface area contributed by atoms with Gasteiger partial charge in [-0.15, -0.1) is 0 Å². The SMILES string of the molecule is O=C(Cn1cnc2ccccc2c1=O)Nc1ccc(-c2ccccc2)cc1. The summed E-state index contributed by atoms with van der Waals surface area (Å²) in [6.07, 6.45) is 1.41. The lowest BCUT2D eigenvalue weighted by Crippen LogP contribution is -2.27. The van der Waals surface area contributed by atoms with Crippen LogP contribution in [-0.2, 0) is 11.3 Å². The zero-order chi connectivity index (χ0) is 18.6. The summed E-state index contributed by atoms with van der Waals surface area (Å²) in [4.78, 5) is 29.0. The normalized spacial score (nSPS) is 10.7. The number of carbonyl (C=O) groups is 1. The molecular weight excluding hydrogens is 338 g/mol. The number of para-hydroxylation sites is 1. The Labute approximate surface area is 155 Å². The number of fused-ring (bicyclic) bond motifs is 1. The summed E-state index contributed by atoms with van der Waals surface area (Å²) in [6, 6.07) is 24.7. The summed E-state index contributed by atoms with van der Waals surface area (Å²) < 4.78 is 1.32. The van der Waals surface area contributed by atoms with Crippen molar-refractivity contribution in [1.82, 2.24) is 9.55 Å². The van der Waals surface area contributed by atoms with Crippen LogP contribution in [0.15, 0.2) is 90.0 Å². The number of benzene rings is 3. The van der Waals surface area contributed by atoms with Gasteiger partial charge in [-0.1, -0.05) is 54.6 Å². The van der Waals surface area contributed by atoms with Gasteiger partial charge < -0.3 is 5.32 Å². The second kappa shape index (κ2) is 7.25. The lowest BCUT2D eigenvalue weighted by atomic mass is 10.1. The molecular formula is C22H17N3O2. The van der Waals surface area contributed by atoms with Crippen LogP contribution in [0.2, 0.25) is 0 Å². The molecule has 132 valence electrons. The molecule has 0 spiro atoms. The summed E-state index contributed by atoms with van der Waals surface area (Å²) in [6.45, 7) is -0.0862. The van der Waals surface area contributed by atoms with Crippen LogP contribution in [0.1, 0.15) is 0 Å². The highest BCUT2D eigenvalue weighted by Crippen LogP contribution is 2.21. The monoisotopic (exact) mass is 355 g/mol. The van der Waals surface area contributed by atoms with Crippen molar-refractivity contribution >= 4 is 22.5 Å². The van der Waals surface area contributed by atoms with Crippen LogP contribution in [0, 0.1) is 0 Å². The van der Waals surface area contributed by atoms with E-state index in [-0.39, 0.29) is 18.0 Å². The number of amides is 1. The quantitative estimate of drug-likeness (QED) is 0.607. The summed E-state index contributed by atoms with van der Waals surface area (Å²) in [7, 11) is 0. The van der Waals surface area contributed by atoms with Gasteiger partial charge in [-0.25, -0.2) is 4.98 Å². The van der Waals surface area contributed by atoms with Crippen LogP contribution < -0.4 is 10.9 Å². The van der Waals surface area contributed by atoms with Crippen molar-refractivity contribution in [3.05, 3.63) is 95.5 Å². The van der Waals surface area contributed by atoms with Crippen LogP contribution >= 0.6 is 0 Å². The molecule has 0 unspecified atom stereocenters. The van der Waals surface area contributed by atoms with E-state index < -0.39 is 0 Å². The van der Waals surface area contributed by atoms with Crippen LogP contribution in [0.4, 0.5) is 5.69 Å². The van der Waals surface area contributed by atoms with Crippen molar-refractivity contribution in [3.8, 4) is 11.1 Å². The van der Waals surface area contributed by atoms with Gasteiger partial charge in [-0.05, 0) is 35.4 Å². The fourth-order valence-electron chi connectivity index (χ4n) is 2.95. The number of rotatable bonds is 4. The maximum Gasteiger partial charge on any atom is 0.261 e. The number of nitrogens with one attached hydrogen (secondary N) is 1. The van der Waals surface area contributed by atoms with Gasteiger partial charge in [0.15, 0.2) is 0 Å². The predicted molar refractivity (Wildman–Crippen MR) is 107 cm³/mol. The minimum absolute atomic E-state index is 0.0862. The molecule has 5 heteroatoms. The van der Waals surface area contributed by atoms with Crippen LogP contribution in [-0.4, -0.2) is 15.5 Å². The first kappa shape index (κ1) is 16.7. The Morgan fingerprint density at radius 1 is 0.852 bits per heavy atom. The molecule has 0 radical (unpaired) electrons. The number of nitrogens with zero attached hydrogens (tertiary/aromatic N) is 2. The Bertz CT molecular complexity index is 1150. The molecule has 1 heterocycles. The van der Waals surface area contributed by atoms with E-state index >= 15 is 0 Å². The molecule has 1 N–H and O–H groups in total. The molecule has 4 rings (SSSR count). The highest BCUT2D eigenvalue weighted by Gasteiger charge is 2.08. The maximum absolute atomic E-state index is 12.5. The Kier molecular flexibility index (Phi) is 4.49. The predicted octanol–water partition coefficient (Wildman–Crippen LogP) is 3.70. The molecule has 1 aromatic heterocycles. The van der Waals surface area contributed by atoms with E-state index in [1.165, 1.54) is 10.9 Å². The van der Waals surface area contributed by atoms with E-state index in [2.05, 4.69) is 10.3 Å². The number of anilines is 1. The summed E-state index contributed by atoms with van der Waals surface area (Å²) >= 11 is 0. The minimum atomic E-state index is -0.276. The van der Waals surface area contributed by atoms with Gasteiger partial charge in [0.2, 0.25) is 5.91 Å². The molecule has 0 bridgehead atoms. The third-order valence-electron chi connectivity index (χ3n) is 4.32. The van der Waals surface area contributed by atoms with Gasteiger partial charge >= 0.3 is 0 Å². The van der Waals surface area contributed by atoms with E-state index in [4.69, 9.17) is 0 Å². The maximum atomic E-state index is 12.5. The first-order valence-electron chi connectivity index (χ1n) is 8.60. The summed E-state index contributed by atoms with van der Waals surface area (Å²) in [5.41, 5.74) is 3.26. The number of carbonyl (C=O) groups excluding carboxylic acids is 1. The third-order valence-corrected chi connectivity index (χ3v) is 4.32. The van der Waals surface area contributed by atoms with E-state index in [0.29, 0.717) is 16.6 Å². The zero-order valence-corrected chi connectivity index (χ0v) is 14.5. The standard InChI is InChI=1S/C22H17N3O2/c26-21(14-25-15-23-20-9-5-4-8-19(20)22(25)27)24-18-12-10-17(11-13-18)16-6-2-1-3-7-16/h1-13,15H,14H2,(H,24,26). The van der Waals surface area contributed by atoms with Crippen molar-refractivity contribution in [2.45, 2.75) is 6.54 Å². The Balaban J connectivity index is 1.48. The van der Waals surface area contributed by atoms with Crippen molar-refractivity contribution in [2.24, 2.45) is 0 Å². The Hall–Kier alpha value is -3.73. The molecule has 0 aliphatic carbocycles. The van der Waals surface area contributed by atoms with E-state index in [1.54, 1.807) is 18.2 Å². The molecule has 4 aromatic rings. The molecule has 5 nitrogen and oxygen atoms in total. The zero-order valence-electron chi connectivity index (χ0n) is 14.5. The first-order valence-corrected chi connectivity index (χ1v) is 8.60. The van der Waals surface area contributed by atoms with E-state index in [0.717, 1.165) is 11.1 Å². The van der Waals surface area contributed by atoms with Crippen molar-refractivity contribution < 1.29 is 4.79 Å². The molecule has 0 aliphatic rings. The molecule has 3 aromatic carbocycles. The van der Waals surface area contributed by atoms with E-state index in [9.17, 15) is 9.59 Å². The number of aromatic nitrogens is 2. The summed E-state index contributed by atoms with van der Waals surface area (Å²) in [5.74, 6) is -0.276. The number of hydrogen-bond acceptors (Lipinski definition) is 3. The van der Waals surface area contributed by atoms with Crippen molar-refractivity contribution in [1.29, 1.82) is 0 Å². The molecule has 0 aliphatic heterocycles. The minimum Gasteiger partial charge on any atom is -0.325 e. The highest BCUT2D eigenvalue weighted by molar-refractivity contribution is 5.91. The molecule has 1 amide bonds. The fourth-order valence-corrected chi connectivity index (χ4v) is 2.95. The molecule has 0 saturated carbocycles. The van der Waals surface area contributed by atoms with Crippen molar-refractivity contribution in [2.75, 3.05) is 5.32 Å². The van der Waals surface area contributed by atoms with Gasteiger partial charge in [0, 0.05) is 5.69 Å². The lowest BCUT2D eigenvalue weighted by Gasteiger charge is -2.09. The first-order chi connectivity index (χ1) is 13.2. The summed E-state index contributed by atoms with van der Waals surface area (Å²) in [5, 5.41) is 3.32. The van der Waals surface area contributed by atoms with Gasteiger partial charge in [0.05, 0.1) is 17.2 Å². The third kappa shape index (κ3) is 3.62. The van der Waals surface area contributed by atoms with Crippen LogP contribution in [0.25, 0.3) is 22.0 Å². The molecule has 0 atom stereocenters. The lowest BCUT2D eigenvalue weighted by molar-refractivity contribution is -0.116. The Morgan fingerprint density at radius 3 is 2.30 bits per heavy atom. The molecule has 0 saturated heterocycles. The van der Waals surface area contributed by atoms with Crippen LogP contribution in [0.5, 0.6) is 0 Å². The molecule has 0 fully saturated rings. The fraction of sp³-hybridized carbons (Fsp3) is 0.0455. The smallest absolute Gasteiger partial charge is 0.261 e. The second-order valence-electron chi connectivity index (χ2n) is 6.19. The highest BCUT2D eigenvalue weighted by atomic mass is 16.2. The van der Waals surface area contributed by atoms with Gasteiger partial charge in [0.25, 0.3) is 5.56 Å². The largest absolute Gasteiger partial charge is 0.325 e. The van der Waals surface area contributed by atoms with E-state index in [1.807, 2.05) is 60.7 Å². The van der Waals surface area contributed by atoms with Gasteiger partial charge in [-0.2, -0.15) is 0 Å².